The molecular weight excluding hydrogens is 392 g/mol. The Hall–Kier alpha value is -3.20. The summed E-state index contributed by atoms with van der Waals surface area (Å²) in [5, 5.41) is 6.94. The van der Waals surface area contributed by atoms with Crippen LogP contribution in [-0.4, -0.2) is 39.5 Å². The average Bonchev–Trinajstić information content (AvgIpc) is 3.33. The first-order chi connectivity index (χ1) is 14.0. The Morgan fingerprint density at radius 3 is 2.83 bits per heavy atom. The lowest BCUT2D eigenvalue weighted by Gasteiger charge is -2.28. The molecule has 1 atom stereocenters. The Bertz CT molecular complexity index is 1030. The quantitative estimate of drug-likeness (QED) is 0.692. The minimum Gasteiger partial charge on any atom is -0.481 e. The van der Waals surface area contributed by atoms with E-state index < -0.39 is 6.10 Å². The van der Waals surface area contributed by atoms with E-state index in [1.165, 1.54) is 11.3 Å². The third-order valence-corrected chi connectivity index (χ3v) is 5.53. The van der Waals surface area contributed by atoms with Gasteiger partial charge in [-0.05, 0) is 26.0 Å². The number of aryl methyl sites for hydroxylation is 1. The maximum atomic E-state index is 12.8. The number of fused-ring (bicyclic) bond motifs is 1. The Labute approximate surface area is 171 Å². The zero-order chi connectivity index (χ0) is 20.4. The molecule has 1 unspecified atom stereocenters. The zero-order valence-corrected chi connectivity index (χ0v) is 16.9. The Morgan fingerprint density at radius 2 is 2.10 bits per heavy atom. The molecule has 3 aromatic rings. The number of carbonyl (C=O) groups is 2. The van der Waals surface area contributed by atoms with E-state index >= 15 is 0 Å². The van der Waals surface area contributed by atoms with Crippen LogP contribution in [0.2, 0.25) is 0 Å². The molecule has 1 aliphatic rings. The highest BCUT2D eigenvalue weighted by molar-refractivity contribution is 7.15. The van der Waals surface area contributed by atoms with Gasteiger partial charge in [-0.15, -0.1) is 0 Å². The monoisotopic (exact) mass is 412 g/mol. The van der Waals surface area contributed by atoms with Gasteiger partial charge in [0, 0.05) is 23.9 Å². The van der Waals surface area contributed by atoms with Gasteiger partial charge in [0.25, 0.3) is 11.8 Å². The molecule has 9 heteroatoms. The third-order valence-electron chi connectivity index (χ3n) is 4.53. The van der Waals surface area contributed by atoms with Crippen molar-refractivity contribution in [1.29, 1.82) is 0 Å². The van der Waals surface area contributed by atoms with E-state index in [4.69, 9.17) is 9.26 Å². The molecule has 0 spiro atoms. The number of amides is 2. The van der Waals surface area contributed by atoms with Gasteiger partial charge in [0.05, 0.1) is 12.2 Å². The summed E-state index contributed by atoms with van der Waals surface area (Å²) in [6.07, 6.45) is 0.0515. The Morgan fingerprint density at radius 1 is 1.31 bits per heavy atom. The van der Waals surface area contributed by atoms with Gasteiger partial charge < -0.3 is 14.2 Å². The van der Waals surface area contributed by atoms with Gasteiger partial charge in [-0.1, -0.05) is 34.7 Å². The first kappa shape index (κ1) is 19.1. The molecular formula is C20H20N4O4S. The predicted molar refractivity (Wildman–Crippen MR) is 107 cm³/mol. The largest absolute Gasteiger partial charge is 0.481 e. The Balaban J connectivity index is 1.39. The molecule has 4 rings (SSSR count). The third kappa shape index (κ3) is 4.29. The van der Waals surface area contributed by atoms with E-state index in [1.807, 2.05) is 30.3 Å². The SMILES string of the molecule is Cc1cc(C(=O)Nc2nc3c(s2)CN(C(=O)C(C)Oc2ccccc2)CC3)no1. The number of anilines is 1. The van der Waals surface area contributed by atoms with Crippen molar-refractivity contribution in [1.82, 2.24) is 15.0 Å². The van der Waals surface area contributed by atoms with Crippen LogP contribution in [0.25, 0.3) is 0 Å². The molecule has 150 valence electrons. The minimum absolute atomic E-state index is 0.0726. The molecule has 0 saturated heterocycles. The van der Waals surface area contributed by atoms with Crippen LogP contribution in [0.15, 0.2) is 40.9 Å². The summed E-state index contributed by atoms with van der Waals surface area (Å²) in [7, 11) is 0. The van der Waals surface area contributed by atoms with Crippen LogP contribution in [0.5, 0.6) is 5.75 Å². The van der Waals surface area contributed by atoms with E-state index in [-0.39, 0.29) is 17.5 Å². The number of hydrogen-bond acceptors (Lipinski definition) is 7. The highest BCUT2D eigenvalue weighted by atomic mass is 32.1. The maximum Gasteiger partial charge on any atom is 0.279 e. The smallest absolute Gasteiger partial charge is 0.279 e. The number of nitrogens with one attached hydrogen (secondary N) is 1. The van der Waals surface area contributed by atoms with E-state index in [0.717, 1.165) is 10.6 Å². The first-order valence-electron chi connectivity index (χ1n) is 9.23. The molecule has 0 bridgehead atoms. The number of thiazole rings is 1. The van der Waals surface area contributed by atoms with E-state index in [1.54, 1.807) is 24.8 Å². The second-order valence-electron chi connectivity index (χ2n) is 6.75. The van der Waals surface area contributed by atoms with Crippen LogP contribution in [0.4, 0.5) is 5.13 Å². The van der Waals surface area contributed by atoms with Crippen LogP contribution in [0.3, 0.4) is 0 Å². The maximum absolute atomic E-state index is 12.8. The summed E-state index contributed by atoms with van der Waals surface area (Å²) >= 11 is 1.37. The summed E-state index contributed by atoms with van der Waals surface area (Å²) in [5.74, 6) is 0.786. The highest BCUT2D eigenvalue weighted by Crippen LogP contribution is 2.29. The molecule has 29 heavy (non-hydrogen) atoms. The fourth-order valence-corrected chi connectivity index (χ4v) is 4.10. The number of carbonyl (C=O) groups excluding carboxylic acids is 2. The number of nitrogens with zero attached hydrogens (tertiary/aromatic N) is 3. The summed E-state index contributed by atoms with van der Waals surface area (Å²) in [6.45, 7) is 4.49. The van der Waals surface area contributed by atoms with Crippen molar-refractivity contribution in [3.8, 4) is 5.75 Å². The number of rotatable bonds is 5. The van der Waals surface area contributed by atoms with Crippen LogP contribution in [-0.2, 0) is 17.8 Å². The fourth-order valence-electron chi connectivity index (χ4n) is 3.08. The summed E-state index contributed by atoms with van der Waals surface area (Å²) in [5.41, 5.74) is 1.11. The first-order valence-corrected chi connectivity index (χ1v) is 10.0. The van der Waals surface area contributed by atoms with E-state index in [9.17, 15) is 9.59 Å². The molecule has 1 N–H and O–H groups in total. The molecule has 0 aliphatic carbocycles. The van der Waals surface area contributed by atoms with E-state index in [0.29, 0.717) is 36.2 Å². The number of ether oxygens (including phenoxy) is 1. The normalized spacial score (nSPS) is 14.2. The van der Waals surface area contributed by atoms with Crippen LogP contribution >= 0.6 is 11.3 Å². The van der Waals surface area contributed by atoms with Gasteiger partial charge in [0.1, 0.15) is 11.5 Å². The van der Waals surface area contributed by atoms with Gasteiger partial charge in [0.2, 0.25) is 0 Å². The van der Waals surface area contributed by atoms with Crippen molar-refractivity contribution in [2.24, 2.45) is 0 Å². The van der Waals surface area contributed by atoms with Crippen LogP contribution in [0, 0.1) is 6.92 Å². The van der Waals surface area contributed by atoms with E-state index in [2.05, 4.69) is 15.5 Å². The molecule has 8 nitrogen and oxygen atoms in total. The lowest BCUT2D eigenvalue weighted by Crippen LogP contribution is -2.42. The summed E-state index contributed by atoms with van der Waals surface area (Å²) in [4.78, 5) is 32.2. The zero-order valence-electron chi connectivity index (χ0n) is 16.0. The standard InChI is InChI=1S/C20H20N4O4S/c1-12-10-16(23-28-12)18(25)22-20-21-15-8-9-24(11-17(15)29-20)19(26)13(2)27-14-6-4-3-5-7-14/h3-7,10,13H,8-9,11H2,1-2H3,(H,21,22,25). The minimum atomic E-state index is -0.582. The molecule has 2 aromatic heterocycles. The molecule has 1 aromatic carbocycles. The Kier molecular flexibility index (Phi) is 5.30. The number of para-hydroxylation sites is 1. The van der Waals surface area contributed by atoms with Crippen molar-refractivity contribution >= 4 is 28.3 Å². The lowest BCUT2D eigenvalue weighted by molar-refractivity contribution is -0.138. The van der Waals surface area contributed by atoms with Crippen molar-refractivity contribution in [2.45, 2.75) is 32.9 Å². The second kappa shape index (κ2) is 8.04. The van der Waals surface area contributed by atoms with Gasteiger partial charge in [-0.25, -0.2) is 4.98 Å². The van der Waals surface area contributed by atoms with Crippen molar-refractivity contribution in [2.75, 3.05) is 11.9 Å². The predicted octanol–water partition coefficient (Wildman–Crippen LogP) is 3.04. The summed E-state index contributed by atoms with van der Waals surface area (Å²) in [6, 6.07) is 10.9. The van der Waals surface area contributed by atoms with Gasteiger partial charge in [-0.3, -0.25) is 14.9 Å². The van der Waals surface area contributed by atoms with Gasteiger partial charge in [0.15, 0.2) is 16.9 Å². The fraction of sp³-hybridized carbons (Fsp3) is 0.300. The molecule has 3 heterocycles. The molecule has 1 aliphatic heterocycles. The molecule has 0 radical (unpaired) electrons. The van der Waals surface area contributed by atoms with Crippen LogP contribution in [0.1, 0.15) is 33.7 Å². The van der Waals surface area contributed by atoms with Gasteiger partial charge in [-0.2, -0.15) is 0 Å². The van der Waals surface area contributed by atoms with Crippen molar-refractivity contribution in [3.63, 3.8) is 0 Å². The highest BCUT2D eigenvalue weighted by Gasteiger charge is 2.28. The number of hydrogen-bond donors (Lipinski definition) is 1. The lowest BCUT2D eigenvalue weighted by atomic mass is 10.1. The van der Waals surface area contributed by atoms with Crippen molar-refractivity contribution in [3.05, 3.63) is 58.4 Å². The number of aromatic nitrogens is 2. The topological polar surface area (TPSA) is 97.6 Å². The molecule has 0 fully saturated rings. The number of benzene rings is 1. The average molecular weight is 412 g/mol. The van der Waals surface area contributed by atoms with Crippen LogP contribution < -0.4 is 10.1 Å². The second-order valence-corrected chi connectivity index (χ2v) is 7.83. The molecule has 2 amide bonds. The van der Waals surface area contributed by atoms with Gasteiger partial charge >= 0.3 is 0 Å². The van der Waals surface area contributed by atoms with Crippen molar-refractivity contribution < 1.29 is 18.8 Å². The summed E-state index contributed by atoms with van der Waals surface area (Å²) < 4.78 is 10.7. The molecule has 0 saturated carbocycles.